The maximum Gasteiger partial charge on any atom is 0.303 e. The molecular weight excluding hydrogens is 260 g/mol. The molecule has 0 fully saturated rings. The predicted molar refractivity (Wildman–Crippen MR) is 85.2 cm³/mol. The standard InChI is InChI=1S/C19H22O2/c1-4-19(3,21-15(2)20)18(16-11-7-5-8-12-16)17-13-9-6-10-14-17/h5-14,18H,4H2,1-3H3. The van der Waals surface area contributed by atoms with Gasteiger partial charge in [-0.15, -0.1) is 0 Å². The van der Waals surface area contributed by atoms with Crippen molar-refractivity contribution in [2.75, 3.05) is 0 Å². The normalized spacial score (nSPS) is 13.7. The van der Waals surface area contributed by atoms with Gasteiger partial charge in [-0.3, -0.25) is 4.79 Å². The highest BCUT2D eigenvalue weighted by atomic mass is 16.6. The van der Waals surface area contributed by atoms with Gasteiger partial charge in [-0.05, 0) is 24.5 Å². The molecule has 2 heteroatoms. The zero-order chi connectivity index (χ0) is 15.3. The molecule has 110 valence electrons. The maximum atomic E-state index is 11.6. The van der Waals surface area contributed by atoms with Gasteiger partial charge in [-0.1, -0.05) is 67.6 Å². The molecule has 0 aromatic heterocycles. The van der Waals surface area contributed by atoms with E-state index in [1.165, 1.54) is 6.92 Å². The van der Waals surface area contributed by atoms with Crippen molar-refractivity contribution >= 4 is 5.97 Å². The first-order valence-electron chi connectivity index (χ1n) is 7.36. The van der Waals surface area contributed by atoms with E-state index < -0.39 is 5.60 Å². The van der Waals surface area contributed by atoms with Crippen molar-refractivity contribution in [2.45, 2.75) is 38.7 Å². The van der Waals surface area contributed by atoms with Crippen LogP contribution >= 0.6 is 0 Å². The maximum absolute atomic E-state index is 11.6. The zero-order valence-electron chi connectivity index (χ0n) is 12.9. The molecule has 0 aliphatic carbocycles. The van der Waals surface area contributed by atoms with E-state index in [0.717, 1.165) is 17.5 Å². The number of carbonyl (C=O) groups excluding carboxylic acids is 1. The quantitative estimate of drug-likeness (QED) is 0.752. The third kappa shape index (κ3) is 3.52. The zero-order valence-corrected chi connectivity index (χ0v) is 12.9. The number of esters is 1. The smallest absolute Gasteiger partial charge is 0.303 e. The lowest BCUT2D eigenvalue weighted by atomic mass is 9.77. The molecule has 0 heterocycles. The van der Waals surface area contributed by atoms with E-state index in [2.05, 4.69) is 31.2 Å². The summed E-state index contributed by atoms with van der Waals surface area (Å²) in [6.07, 6.45) is 0.751. The Labute approximate surface area is 126 Å². The molecule has 0 bridgehead atoms. The van der Waals surface area contributed by atoms with Crippen molar-refractivity contribution in [3.8, 4) is 0 Å². The molecule has 2 rings (SSSR count). The minimum atomic E-state index is -0.561. The average molecular weight is 282 g/mol. The summed E-state index contributed by atoms with van der Waals surface area (Å²) in [6.45, 7) is 5.54. The van der Waals surface area contributed by atoms with Crippen LogP contribution < -0.4 is 0 Å². The summed E-state index contributed by atoms with van der Waals surface area (Å²) in [7, 11) is 0. The molecule has 2 aromatic rings. The van der Waals surface area contributed by atoms with Crippen LogP contribution in [0, 0.1) is 0 Å². The fourth-order valence-corrected chi connectivity index (χ4v) is 2.85. The van der Waals surface area contributed by atoms with Crippen molar-refractivity contribution in [2.24, 2.45) is 0 Å². The fraction of sp³-hybridized carbons (Fsp3) is 0.316. The lowest BCUT2D eigenvalue weighted by Crippen LogP contribution is -2.38. The molecule has 0 radical (unpaired) electrons. The van der Waals surface area contributed by atoms with Gasteiger partial charge < -0.3 is 4.74 Å². The van der Waals surface area contributed by atoms with E-state index in [9.17, 15) is 4.79 Å². The molecule has 2 nitrogen and oxygen atoms in total. The molecule has 0 aliphatic rings. The Hall–Kier alpha value is -2.09. The summed E-state index contributed by atoms with van der Waals surface area (Å²) in [5.74, 6) is -0.218. The molecule has 0 spiro atoms. The van der Waals surface area contributed by atoms with Crippen LogP contribution in [0.2, 0.25) is 0 Å². The second-order valence-corrected chi connectivity index (χ2v) is 5.51. The van der Waals surface area contributed by atoms with Crippen molar-refractivity contribution in [3.05, 3.63) is 71.8 Å². The molecule has 0 amide bonds. The van der Waals surface area contributed by atoms with Gasteiger partial charge in [0.25, 0.3) is 0 Å². The first-order valence-corrected chi connectivity index (χ1v) is 7.36. The highest BCUT2D eigenvalue weighted by molar-refractivity contribution is 5.67. The Kier molecular flexibility index (Phi) is 4.79. The van der Waals surface area contributed by atoms with Crippen LogP contribution in [0.4, 0.5) is 0 Å². The minimum Gasteiger partial charge on any atom is -0.459 e. The molecule has 0 saturated heterocycles. The van der Waals surface area contributed by atoms with Crippen molar-refractivity contribution in [1.29, 1.82) is 0 Å². The summed E-state index contributed by atoms with van der Waals surface area (Å²) in [4.78, 5) is 11.6. The number of ether oxygens (including phenoxy) is 1. The number of benzene rings is 2. The van der Waals surface area contributed by atoms with Crippen LogP contribution in [-0.4, -0.2) is 11.6 Å². The van der Waals surface area contributed by atoms with Gasteiger partial charge in [0.1, 0.15) is 5.60 Å². The largest absolute Gasteiger partial charge is 0.459 e. The lowest BCUT2D eigenvalue weighted by molar-refractivity contribution is -0.157. The van der Waals surface area contributed by atoms with Crippen LogP contribution in [0.3, 0.4) is 0 Å². The lowest BCUT2D eigenvalue weighted by Gasteiger charge is -2.37. The van der Waals surface area contributed by atoms with E-state index in [1.807, 2.05) is 43.3 Å². The fourth-order valence-electron chi connectivity index (χ4n) is 2.85. The molecule has 1 unspecified atom stereocenters. The Balaban J connectivity index is 2.53. The summed E-state index contributed by atoms with van der Waals surface area (Å²) < 4.78 is 5.72. The van der Waals surface area contributed by atoms with Crippen molar-refractivity contribution < 1.29 is 9.53 Å². The van der Waals surface area contributed by atoms with E-state index in [4.69, 9.17) is 4.74 Å². The molecule has 1 atom stereocenters. The molecule has 0 saturated carbocycles. The van der Waals surface area contributed by atoms with Crippen LogP contribution in [0.25, 0.3) is 0 Å². The van der Waals surface area contributed by atoms with E-state index in [1.54, 1.807) is 0 Å². The van der Waals surface area contributed by atoms with Crippen LogP contribution in [0.15, 0.2) is 60.7 Å². The Morgan fingerprint density at radius 1 is 1.00 bits per heavy atom. The first kappa shape index (κ1) is 15.3. The van der Waals surface area contributed by atoms with Crippen molar-refractivity contribution in [3.63, 3.8) is 0 Å². The number of hydrogen-bond acceptors (Lipinski definition) is 2. The van der Waals surface area contributed by atoms with Gasteiger partial charge in [0.05, 0.1) is 0 Å². The van der Waals surface area contributed by atoms with Crippen LogP contribution in [-0.2, 0) is 9.53 Å². The van der Waals surface area contributed by atoms with Gasteiger partial charge in [-0.25, -0.2) is 0 Å². The first-order chi connectivity index (χ1) is 10.1. The topological polar surface area (TPSA) is 26.3 Å². The molecule has 0 aliphatic heterocycles. The molecular formula is C19H22O2. The van der Waals surface area contributed by atoms with E-state index in [0.29, 0.717) is 0 Å². The summed E-state index contributed by atoms with van der Waals surface area (Å²) in [5.41, 5.74) is 1.76. The van der Waals surface area contributed by atoms with E-state index >= 15 is 0 Å². The number of rotatable bonds is 5. The second-order valence-electron chi connectivity index (χ2n) is 5.51. The van der Waals surface area contributed by atoms with Crippen molar-refractivity contribution in [1.82, 2.24) is 0 Å². The van der Waals surface area contributed by atoms with E-state index in [-0.39, 0.29) is 11.9 Å². The predicted octanol–water partition coefficient (Wildman–Crippen LogP) is 4.55. The summed E-state index contributed by atoms with van der Waals surface area (Å²) in [5, 5.41) is 0. The Morgan fingerprint density at radius 3 is 1.76 bits per heavy atom. The second kappa shape index (κ2) is 6.57. The number of hydrogen-bond donors (Lipinski definition) is 0. The monoisotopic (exact) mass is 282 g/mol. The molecule has 2 aromatic carbocycles. The third-order valence-corrected chi connectivity index (χ3v) is 3.96. The Morgan fingerprint density at radius 2 is 1.43 bits per heavy atom. The SMILES string of the molecule is CCC(C)(OC(C)=O)C(c1ccccc1)c1ccccc1. The Bertz CT molecular complexity index is 538. The summed E-state index contributed by atoms with van der Waals surface area (Å²) in [6, 6.07) is 20.5. The van der Waals surface area contributed by atoms with Gasteiger partial charge >= 0.3 is 5.97 Å². The highest BCUT2D eigenvalue weighted by Crippen LogP contribution is 2.39. The van der Waals surface area contributed by atoms with Crippen LogP contribution in [0.5, 0.6) is 0 Å². The molecule has 0 N–H and O–H groups in total. The average Bonchev–Trinajstić information content (AvgIpc) is 2.49. The van der Waals surface area contributed by atoms with Gasteiger partial charge in [0.2, 0.25) is 0 Å². The molecule has 21 heavy (non-hydrogen) atoms. The number of carbonyl (C=O) groups is 1. The highest BCUT2D eigenvalue weighted by Gasteiger charge is 2.37. The third-order valence-electron chi connectivity index (χ3n) is 3.96. The van der Waals surface area contributed by atoms with Gasteiger partial charge in [0, 0.05) is 12.8 Å². The minimum absolute atomic E-state index is 0.0220. The van der Waals surface area contributed by atoms with Crippen LogP contribution in [0.1, 0.15) is 44.2 Å². The summed E-state index contributed by atoms with van der Waals surface area (Å²) >= 11 is 0. The van der Waals surface area contributed by atoms with Gasteiger partial charge in [0.15, 0.2) is 0 Å². The van der Waals surface area contributed by atoms with Gasteiger partial charge in [-0.2, -0.15) is 0 Å².